The maximum Gasteiger partial charge on any atom is 0.276 e. The summed E-state index contributed by atoms with van der Waals surface area (Å²) in [6.45, 7) is 0.781. The predicted molar refractivity (Wildman–Crippen MR) is 63.8 cm³/mol. The first-order chi connectivity index (χ1) is 8.04. The van der Waals surface area contributed by atoms with Gasteiger partial charge in [0, 0.05) is 13.6 Å². The van der Waals surface area contributed by atoms with Crippen molar-refractivity contribution in [2.24, 2.45) is 11.7 Å². The Morgan fingerprint density at radius 1 is 1.47 bits per heavy atom. The normalized spacial score (nSPS) is 17.4. The van der Waals surface area contributed by atoms with Crippen LogP contribution in [0.1, 0.15) is 25.0 Å². The summed E-state index contributed by atoms with van der Waals surface area (Å²) in [5.74, 6) is 0.985. The molecule has 0 radical (unpaired) electrons. The highest BCUT2D eigenvalue weighted by Gasteiger charge is 2.28. The van der Waals surface area contributed by atoms with Crippen molar-refractivity contribution in [3.05, 3.63) is 17.9 Å². The van der Waals surface area contributed by atoms with Crippen molar-refractivity contribution in [1.82, 2.24) is 4.31 Å². The highest BCUT2D eigenvalue weighted by Crippen LogP contribution is 2.28. The van der Waals surface area contributed by atoms with E-state index >= 15 is 0 Å². The number of hydrogen-bond acceptors (Lipinski definition) is 4. The number of nitrogens with two attached hydrogens (primary N) is 1. The first-order valence-electron chi connectivity index (χ1n) is 5.79. The Hall–Kier alpha value is -0.850. The van der Waals surface area contributed by atoms with Gasteiger partial charge in [0.15, 0.2) is 0 Å². The summed E-state index contributed by atoms with van der Waals surface area (Å²) in [5, 5.41) is -0.0141. The van der Waals surface area contributed by atoms with Gasteiger partial charge in [-0.25, -0.2) is 8.42 Å². The predicted octanol–water partition coefficient (Wildman–Crippen LogP) is 1.16. The van der Waals surface area contributed by atoms with Crippen LogP contribution in [0.2, 0.25) is 0 Å². The van der Waals surface area contributed by atoms with Gasteiger partial charge in [0.1, 0.15) is 5.76 Å². The molecule has 1 aromatic rings. The van der Waals surface area contributed by atoms with Crippen LogP contribution in [0.15, 0.2) is 21.6 Å². The third-order valence-corrected chi connectivity index (χ3v) is 4.94. The van der Waals surface area contributed by atoms with E-state index in [1.54, 1.807) is 13.1 Å². The molecule has 0 saturated heterocycles. The lowest BCUT2D eigenvalue weighted by Crippen LogP contribution is -2.34. The van der Waals surface area contributed by atoms with E-state index in [1.807, 2.05) is 0 Å². The zero-order chi connectivity index (χ0) is 12.5. The van der Waals surface area contributed by atoms with Crippen LogP contribution in [0, 0.1) is 5.92 Å². The van der Waals surface area contributed by atoms with Gasteiger partial charge in [-0.3, -0.25) is 0 Å². The van der Waals surface area contributed by atoms with Crippen LogP contribution in [-0.4, -0.2) is 26.3 Å². The van der Waals surface area contributed by atoms with E-state index in [4.69, 9.17) is 10.2 Å². The average molecular weight is 258 g/mol. The highest BCUT2D eigenvalue weighted by molar-refractivity contribution is 7.89. The van der Waals surface area contributed by atoms with Gasteiger partial charge in [0.2, 0.25) is 5.09 Å². The summed E-state index contributed by atoms with van der Waals surface area (Å²) >= 11 is 0. The molecule has 0 amide bonds. The Kier molecular flexibility index (Phi) is 3.56. The zero-order valence-electron chi connectivity index (χ0n) is 9.93. The molecule has 0 spiro atoms. The molecular formula is C11H18N2O3S. The second kappa shape index (κ2) is 4.80. The molecular weight excluding hydrogens is 240 g/mol. The molecule has 5 nitrogen and oxygen atoms in total. The molecule has 1 aliphatic carbocycles. The third kappa shape index (κ3) is 2.53. The van der Waals surface area contributed by atoms with Crippen LogP contribution in [0.5, 0.6) is 0 Å². The van der Waals surface area contributed by atoms with Gasteiger partial charge >= 0.3 is 0 Å². The molecule has 2 N–H and O–H groups in total. The second-order valence-electron chi connectivity index (χ2n) is 4.51. The van der Waals surface area contributed by atoms with E-state index in [0.29, 0.717) is 18.2 Å². The monoisotopic (exact) mass is 258 g/mol. The van der Waals surface area contributed by atoms with Crippen molar-refractivity contribution < 1.29 is 12.8 Å². The number of furan rings is 1. The molecule has 0 aliphatic heterocycles. The number of nitrogens with zero attached hydrogens (tertiary/aromatic N) is 1. The molecule has 0 bridgehead atoms. The Morgan fingerprint density at radius 3 is 2.65 bits per heavy atom. The summed E-state index contributed by atoms with van der Waals surface area (Å²) < 4.78 is 30.8. The van der Waals surface area contributed by atoms with Crippen LogP contribution < -0.4 is 5.73 Å². The standard InChI is InChI=1S/C11H18N2O3S/c1-13(8-9-3-2-4-9)17(14,15)11-6-5-10(7-12)16-11/h5-6,9H,2-4,7-8,12H2,1H3. The second-order valence-corrected chi connectivity index (χ2v) is 6.48. The number of rotatable bonds is 5. The van der Waals surface area contributed by atoms with Gasteiger partial charge in [-0.2, -0.15) is 4.31 Å². The van der Waals surface area contributed by atoms with Crippen molar-refractivity contribution in [3.8, 4) is 0 Å². The third-order valence-electron chi connectivity index (χ3n) is 3.24. The van der Waals surface area contributed by atoms with Gasteiger partial charge < -0.3 is 10.2 Å². The van der Waals surface area contributed by atoms with E-state index < -0.39 is 10.0 Å². The fourth-order valence-electron chi connectivity index (χ4n) is 1.90. The first-order valence-corrected chi connectivity index (χ1v) is 7.23. The summed E-state index contributed by atoms with van der Waals surface area (Å²) in [6.07, 6.45) is 3.44. The molecule has 1 aromatic heterocycles. The smallest absolute Gasteiger partial charge is 0.276 e. The highest BCUT2D eigenvalue weighted by atomic mass is 32.2. The van der Waals surface area contributed by atoms with E-state index in [9.17, 15) is 8.42 Å². The lowest BCUT2D eigenvalue weighted by molar-refractivity contribution is 0.259. The fourth-order valence-corrected chi connectivity index (χ4v) is 3.06. The molecule has 0 unspecified atom stereocenters. The Balaban J connectivity index is 2.10. The van der Waals surface area contributed by atoms with Crippen molar-refractivity contribution in [3.63, 3.8) is 0 Å². The van der Waals surface area contributed by atoms with Crippen LogP contribution >= 0.6 is 0 Å². The van der Waals surface area contributed by atoms with E-state index in [-0.39, 0.29) is 11.6 Å². The van der Waals surface area contributed by atoms with Crippen LogP contribution in [0.4, 0.5) is 0 Å². The van der Waals surface area contributed by atoms with E-state index in [2.05, 4.69) is 0 Å². The molecule has 0 aromatic carbocycles. The molecule has 1 saturated carbocycles. The lowest BCUT2D eigenvalue weighted by atomic mass is 9.86. The van der Waals surface area contributed by atoms with Crippen molar-refractivity contribution in [2.75, 3.05) is 13.6 Å². The summed E-state index contributed by atoms with van der Waals surface area (Å²) in [6, 6.07) is 3.07. The van der Waals surface area contributed by atoms with Crippen LogP contribution in [0.3, 0.4) is 0 Å². The van der Waals surface area contributed by atoms with Crippen molar-refractivity contribution >= 4 is 10.0 Å². The molecule has 0 atom stereocenters. The summed E-state index contributed by atoms with van der Waals surface area (Å²) in [7, 11) is -1.89. The maximum atomic E-state index is 12.1. The quantitative estimate of drug-likeness (QED) is 0.859. The Labute approximate surface area is 102 Å². The fraction of sp³-hybridized carbons (Fsp3) is 0.636. The Morgan fingerprint density at radius 2 is 2.18 bits per heavy atom. The minimum atomic E-state index is -3.49. The lowest BCUT2D eigenvalue weighted by Gasteiger charge is -2.29. The molecule has 1 fully saturated rings. The molecule has 1 aliphatic rings. The molecule has 96 valence electrons. The minimum absolute atomic E-state index is 0.0141. The van der Waals surface area contributed by atoms with Crippen LogP contribution in [0.25, 0.3) is 0 Å². The van der Waals surface area contributed by atoms with Gasteiger partial charge in [-0.15, -0.1) is 0 Å². The zero-order valence-corrected chi connectivity index (χ0v) is 10.7. The number of sulfonamides is 1. The molecule has 6 heteroatoms. The number of hydrogen-bond donors (Lipinski definition) is 1. The van der Waals surface area contributed by atoms with Gasteiger partial charge in [0.05, 0.1) is 6.54 Å². The van der Waals surface area contributed by atoms with Gasteiger partial charge in [-0.1, -0.05) is 6.42 Å². The maximum absolute atomic E-state index is 12.1. The largest absolute Gasteiger partial charge is 0.447 e. The van der Waals surface area contributed by atoms with E-state index in [1.165, 1.54) is 16.8 Å². The SMILES string of the molecule is CN(CC1CCC1)S(=O)(=O)c1ccc(CN)o1. The first kappa shape index (κ1) is 12.6. The van der Waals surface area contributed by atoms with Crippen LogP contribution in [-0.2, 0) is 16.6 Å². The van der Waals surface area contributed by atoms with E-state index in [0.717, 1.165) is 12.8 Å². The van der Waals surface area contributed by atoms with Crippen molar-refractivity contribution in [1.29, 1.82) is 0 Å². The minimum Gasteiger partial charge on any atom is -0.447 e. The topological polar surface area (TPSA) is 76.5 Å². The molecule has 1 heterocycles. The molecule has 17 heavy (non-hydrogen) atoms. The average Bonchev–Trinajstić information content (AvgIpc) is 2.71. The summed E-state index contributed by atoms with van der Waals surface area (Å²) in [5.41, 5.74) is 5.39. The van der Waals surface area contributed by atoms with Crippen molar-refractivity contribution in [2.45, 2.75) is 30.9 Å². The van der Waals surface area contributed by atoms with Gasteiger partial charge in [0.25, 0.3) is 10.0 Å². The Bertz CT molecular complexity index is 477. The molecule has 2 rings (SSSR count). The summed E-state index contributed by atoms with van der Waals surface area (Å²) in [4.78, 5) is 0. The van der Waals surface area contributed by atoms with Gasteiger partial charge in [-0.05, 0) is 30.9 Å².